The van der Waals surface area contributed by atoms with Gasteiger partial charge in [-0.15, -0.1) is 0 Å². The minimum absolute atomic E-state index is 0.176. The van der Waals surface area contributed by atoms with Crippen molar-refractivity contribution in [1.29, 1.82) is 0 Å². The number of ether oxygens (including phenoxy) is 1. The summed E-state index contributed by atoms with van der Waals surface area (Å²) in [5.41, 5.74) is 0.474. The first kappa shape index (κ1) is 32.4. The highest BCUT2D eigenvalue weighted by atomic mass is 31.2. The second-order valence-corrected chi connectivity index (χ2v) is 19.6. The van der Waals surface area contributed by atoms with Gasteiger partial charge in [0.25, 0.3) is 8.32 Å². The predicted molar refractivity (Wildman–Crippen MR) is 188 cm³/mol. The summed E-state index contributed by atoms with van der Waals surface area (Å²) < 4.78 is 28.3. The maximum Gasteiger partial charge on any atom is 0.338 e. The van der Waals surface area contributed by atoms with E-state index in [0.29, 0.717) is 18.1 Å². The minimum Gasteiger partial charge on any atom is -0.456 e. The SMILES string of the molecule is CC(C)(C)[Si](OC[C@@H](CCP(=O)(c1ccccc1)c1ccccc1)OC(=O)c1ccccc1)(c1ccccc1)c1ccccc1. The van der Waals surface area contributed by atoms with Crippen LogP contribution in [0.3, 0.4) is 0 Å². The van der Waals surface area contributed by atoms with E-state index in [9.17, 15) is 9.36 Å². The lowest BCUT2D eigenvalue weighted by Gasteiger charge is -2.43. The molecule has 0 spiro atoms. The normalized spacial score (nSPS) is 12.8. The van der Waals surface area contributed by atoms with Gasteiger partial charge in [-0.05, 0) is 34.0 Å². The smallest absolute Gasteiger partial charge is 0.338 e. The summed E-state index contributed by atoms with van der Waals surface area (Å²) in [5.74, 6) is -0.416. The molecule has 4 nitrogen and oxygen atoms in total. The minimum atomic E-state index is -3.04. The van der Waals surface area contributed by atoms with Gasteiger partial charge in [-0.1, -0.05) is 160 Å². The first-order valence-electron chi connectivity index (χ1n) is 15.5. The topological polar surface area (TPSA) is 52.6 Å². The summed E-state index contributed by atoms with van der Waals surface area (Å²) in [7, 11) is -5.95. The Labute approximate surface area is 268 Å². The highest BCUT2D eigenvalue weighted by Crippen LogP contribution is 2.44. The van der Waals surface area contributed by atoms with Crippen molar-refractivity contribution in [3.63, 3.8) is 0 Å². The molecule has 0 unspecified atom stereocenters. The molecule has 0 radical (unpaired) electrons. The molecule has 1 atom stereocenters. The fraction of sp³-hybridized carbons (Fsp3) is 0.205. The van der Waals surface area contributed by atoms with Gasteiger partial charge in [-0.3, -0.25) is 0 Å². The van der Waals surface area contributed by atoms with Gasteiger partial charge >= 0.3 is 5.97 Å². The van der Waals surface area contributed by atoms with E-state index >= 15 is 0 Å². The van der Waals surface area contributed by atoms with Crippen LogP contribution in [0.1, 0.15) is 37.6 Å². The van der Waals surface area contributed by atoms with Gasteiger partial charge in [-0.25, -0.2) is 4.79 Å². The van der Waals surface area contributed by atoms with Gasteiger partial charge < -0.3 is 13.7 Å². The Bertz CT molecular complexity index is 1610. The zero-order valence-corrected chi connectivity index (χ0v) is 28.1. The molecule has 0 bridgehead atoms. The third-order valence-corrected chi connectivity index (χ3v) is 16.5. The van der Waals surface area contributed by atoms with Crippen LogP contribution in [-0.2, 0) is 13.7 Å². The fourth-order valence-electron chi connectivity index (χ4n) is 6.02. The Kier molecular flexibility index (Phi) is 10.3. The lowest BCUT2D eigenvalue weighted by atomic mass is 10.2. The maximum absolute atomic E-state index is 14.9. The van der Waals surface area contributed by atoms with Gasteiger partial charge in [0.15, 0.2) is 0 Å². The molecule has 0 aliphatic heterocycles. The molecule has 0 fully saturated rings. The van der Waals surface area contributed by atoms with E-state index < -0.39 is 27.5 Å². The summed E-state index contributed by atoms with van der Waals surface area (Å²) >= 11 is 0. The van der Waals surface area contributed by atoms with Crippen LogP contribution in [0.25, 0.3) is 0 Å². The largest absolute Gasteiger partial charge is 0.456 e. The van der Waals surface area contributed by atoms with Crippen LogP contribution >= 0.6 is 7.14 Å². The zero-order valence-electron chi connectivity index (χ0n) is 26.2. The summed E-state index contributed by atoms with van der Waals surface area (Å²) in [4.78, 5) is 13.4. The van der Waals surface area contributed by atoms with Crippen molar-refractivity contribution in [1.82, 2.24) is 0 Å². The van der Waals surface area contributed by atoms with Crippen molar-refractivity contribution >= 4 is 42.4 Å². The van der Waals surface area contributed by atoms with Crippen molar-refractivity contribution in [2.24, 2.45) is 0 Å². The first-order chi connectivity index (χ1) is 21.7. The molecule has 5 rings (SSSR count). The van der Waals surface area contributed by atoms with Gasteiger partial charge in [-0.2, -0.15) is 0 Å². The van der Waals surface area contributed by atoms with Gasteiger partial charge in [0.1, 0.15) is 13.2 Å². The van der Waals surface area contributed by atoms with E-state index in [0.717, 1.165) is 21.0 Å². The van der Waals surface area contributed by atoms with E-state index in [1.54, 1.807) is 12.1 Å². The van der Waals surface area contributed by atoms with E-state index in [2.05, 4.69) is 69.3 Å². The molecule has 0 aliphatic carbocycles. The molecule has 0 saturated carbocycles. The molecule has 0 N–H and O–H groups in total. The number of hydrogen-bond acceptors (Lipinski definition) is 4. The van der Waals surface area contributed by atoms with Crippen molar-refractivity contribution < 1.29 is 18.5 Å². The second kappa shape index (κ2) is 14.4. The lowest BCUT2D eigenvalue weighted by molar-refractivity contribution is 0.0155. The summed E-state index contributed by atoms with van der Waals surface area (Å²) in [6, 6.07) is 49.1. The van der Waals surface area contributed by atoms with E-state index in [-0.39, 0.29) is 11.6 Å². The molecular weight excluding hydrogens is 591 g/mol. The van der Waals surface area contributed by atoms with Crippen LogP contribution in [0.2, 0.25) is 5.04 Å². The number of esters is 1. The number of carbonyl (C=O) groups is 1. The number of hydrogen-bond donors (Lipinski definition) is 0. The Hall–Kier alpha value is -4.02. The molecule has 0 aliphatic rings. The maximum atomic E-state index is 14.9. The standard InChI is InChI=1S/C39H41O4PSi/c1-39(2,3)45(36-25-15-7-16-26-36,37-27-17-8-18-28-37)42-31-33(43-38(40)32-19-9-4-10-20-32)29-30-44(41,34-21-11-5-12-22-34)35-23-13-6-14-24-35/h4-28,33H,29-31H2,1-3H3/t33-/m1/s1. The van der Waals surface area contributed by atoms with Crippen molar-refractivity contribution in [2.45, 2.75) is 38.3 Å². The van der Waals surface area contributed by atoms with Crippen molar-refractivity contribution in [3.8, 4) is 0 Å². The molecule has 5 aromatic carbocycles. The summed E-state index contributed by atoms with van der Waals surface area (Å²) in [5, 5.41) is 3.63. The van der Waals surface area contributed by atoms with E-state index in [1.807, 2.05) is 91.0 Å². The Morgan fingerprint density at radius 1 is 0.644 bits per heavy atom. The molecule has 6 heteroatoms. The Balaban J connectivity index is 1.52. The average Bonchev–Trinajstić information content (AvgIpc) is 3.08. The van der Waals surface area contributed by atoms with E-state index in [1.165, 1.54) is 0 Å². The quantitative estimate of drug-likeness (QED) is 0.0830. The third kappa shape index (κ3) is 7.28. The lowest BCUT2D eigenvalue weighted by Crippen LogP contribution is -2.67. The molecule has 0 amide bonds. The van der Waals surface area contributed by atoms with Crippen LogP contribution in [0.15, 0.2) is 152 Å². The van der Waals surface area contributed by atoms with Crippen LogP contribution in [-0.4, -0.2) is 33.2 Å². The molecule has 5 aromatic rings. The van der Waals surface area contributed by atoms with Crippen LogP contribution in [0.5, 0.6) is 0 Å². The van der Waals surface area contributed by atoms with Crippen molar-refractivity contribution in [2.75, 3.05) is 12.8 Å². The molecule has 45 heavy (non-hydrogen) atoms. The number of carbonyl (C=O) groups excluding carboxylic acids is 1. The Morgan fingerprint density at radius 3 is 1.47 bits per heavy atom. The second-order valence-electron chi connectivity index (χ2n) is 12.3. The summed E-state index contributed by atoms with van der Waals surface area (Å²) in [6.07, 6.45) is 0.0792. The average molecular weight is 633 g/mol. The molecule has 0 aromatic heterocycles. The van der Waals surface area contributed by atoms with Gasteiger partial charge in [0.2, 0.25) is 0 Å². The highest BCUT2D eigenvalue weighted by molar-refractivity contribution is 7.78. The molecule has 0 heterocycles. The molecule has 230 valence electrons. The first-order valence-corrected chi connectivity index (χ1v) is 19.3. The van der Waals surface area contributed by atoms with Gasteiger partial charge in [0.05, 0.1) is 12.2 Å². The number of rotatable bonds is 12. The van der Waals surface area contributed by atoms with Crippen LogP contribution < -0.4 is 21.0 Å². The van der Waals surface area contributed by atoms with Crippen LogP contribution in [0.4, 0.5) is 0 Å². The van der Waals surface area contributed by atoms with Gasteiger partial charge in [0, 0.05) is 16.8 Å². The molecule has 0 saturated heterocycles. The number of benzene rings is 5. The Morgan fingerprint density at radius 2 is 1.04 bits per heavy atom. The monoisotopic (exact) mass is 632 g/mol. The zero-order chi connectivity index (χ0) is 31.8. The predicted octanol–water partition coefficient (Wildman–Crippen LogP) is 7.19. The summed E-state index contributed by atoms with van der Waals surface area (Å²) in [6.45, 7) is 6.85. The van der Waals surface area contributed by atoms with Crippen molar-refractivity contribution in [3.05, 3.63) is 157 Å². The fourth-order valence-corrected chi connectivity index (χ4v) is 13.4. The van der Waals surface area contributed by atoms with Crippen LogP contribution in [0, 0.1) is 0 Å². The third-order valence-electron chi connectivity index (χ3n) is 8.30. The van der Waals surface area contributed by atoms with E-state index in [4.69, 9.17) is 9.16 Å². The molecular formula is C39H41O4PSi. The highest BCUT2D eigenvalue weighted by Gasteiger charge is 2.50.